The third kappa shape index (κ3) is 5.72. The van der Waals surface area contributed by atoms with Gasteiger partial charge in [0.1, 0.15) is 11.8 Å². The second-order valence-corrected chi connectivity index (χ2v) is 9.22. The Kier molecular flexibility index (Phi) is 6.57. The van der Waals surface area contributed by atoms with Crippen molar-refractivity contribution in [2.75, 3.05) is 0 Å². The summed E-state index contributed by atoms with van der Waals surface area (Å²) < 4.78 is 73.2. The van der Waals surface area contributed by atoms with Gasteiger partial charge in [0, 0.05) is 13.0 Å². The molecule has 2 aromatic carbocycles. The van der Waals surface area contributed by atoms with E-state index in [4.69, 9.17) is 4.52 Å². The Morgan fingerprint density at radius 1 is 1.12 bits per heavy atom. The number of carbonyl (C=O) groups is 1. The van der Waals surface area contributed by atoms with Crippen LogP contribution in [-0.2, 0) is 27.9 Å². The number of aromatic nitrogens is 2. The van der Waals surface area contributed by atoms with Gasteiger partial charge in [-0.1, -0.05) is 35.5 Å². The van der Waals surface area contributed by atoms with Gasteiger partial charge < -0.3 is 14.2 Å². The van der Waals surface area contributed by atoms with E-state index in [0.29, 0.717) is 12.0 Å². The molecule has 34 heavy (non-hydrogen) atoms. The fourth-order valence-electron chi connectivity index (χ4n) is 3.50. The second kappa shape index (κ2) is 9.43. The maximum Gasteiger partial charge on any atom is 0.573 e. The number of carbonyl (C=O) groups excluding carboxylic acids is 1. The van der Waals surface area contributed by atoms with Gasteiger partial charge in [-0.3, -0.25) is 4.79 Å². The smallest absolute Gasteiger partial charge is 0.406 e. The molecule has 0 spiro atoms. The van der Waals surface area contributed by atoms with E-state index in [1.54, 1.807) is 18.2 Å². The molecule has 1 saturated heterocycles. The SMILES string of the molecule is O=C1CC[C@@H](c2nc(CNS(=O)(=O)c3ccccc3)no2)N1Cc1ccc(OC(F)(F)F)cc1. The molecular formula is C21H19F3N4O5S. The van der Waals surface area contributed by atoms with Crippen LogP contribution in [0.15, 0.2) is 64.0 Å². The summed E-state index contributed by atoms with van der Waals surface area (Å²) in [6.45, 7) is -0.0871. The lowest BCUT2D eigenvalue weighted by molar-refractivity contribution is -0.274. The topological polar surface area (TPSA) is 115 Å². The van der Waals surface area contributed by atoms with Gasteiger partial charge in [0.25, 0.3) is 0 Å². The van der Waals surface area contributed by atoms with Gasteiger partial charge in [-0.15, -0.1) is 13.2 Å². The van der Waals surface area contributed by atoms with Crippen molar-refractivity contribution in [1.82, 2.24) is 19.8 Å². The minimum absolute atomic E-state index is 0.0953. The number of rotatable bonds is 8. The highest BCUT2D eigenvalue weighted by Gasteiger charge is 2.36. The molecule has 1 fully saturated rings. The highest BCUT2D eigenvalue weighted by Crippen LogP contribution is 2.33. The maximum atomic E-state index is 12.4. The normalized spacial score (nSPS) is 16.7. The van der Waals surface area contributed by atoms with Crippen LogP contribution < -0.4 is 9.46 Å². The number of ether oxygens (including phenoxy) is 1. The number of sulfonamides is 1. The largest absolute Gasteiger partial charge is 0.573 e. The highest BCUT2D eigenvalue weighted by atomic mass is 32.2. The third-order valence-corrected chi connectivity index (χ3v) is 6.50. The van der Waals surface area contributed by atoms with Crippen LogP contribution in [0.2, 0.25) is 0 Å². The molecule has 13 heteroatoms. The monoisotopic (exact) mass is 496 g/mol. The van der Waals surface area contributed by atoms with Gasteiger partial charge in [0.05, 0.1) is 11.4 Å². The van der Waals surface area contributed by atoms with Gasteiger partial charge in [0.2, 0.25) is 21.8 Å². The Morgan fingerprint density at radius 3 is 2.50 bits per heavy atom. The molecule has 1 amide bonds. The van der Waals surface area contributed by atoms with Crippen molar-refractivity contribution < 1.29 is 35.6 Å². The molecule has 3 aromatic rings. The van der Waals surface area contributed by atoms with Gasteiger partial charge in [-0.05, 0) is 36.2 Å². The quantitative estimate of drug-likeness (QED) is 0.509. The summed E-state index contributed by atoms with van der Waals surface area (Å²) in [5.41, 5.74) is 0.588. The molecule has 1 atom stereocenters. The molecule has 9 nitrogen and oxygen atoms in total. The first-order valence-corrected chi connectivity index (χ1v) is 11.6. The lowest BCUT2D eigenvalue weighted by Gasteiger charge is -2.22. The Bertz CT molecular complexity index is 1250. The van der Waals surface area contributed by atoms with E-state index in [1.807, 2.05) is 0 Å². The predicted molar refractivity (Wildman–Crippen MR) is 110 cm³/mol. The number of hydrogen-bond acceptors (Lipinski definition) is 7. The van der Waals surface area contributed by atoms with Crippen LogP contribution in [-0.4, -0.2) is 35.7 Å². The number of hydrogen-bond donors (Lipinski definition) is 1. The van der Waals surface area contributed by atoms with Crippen LogP contribution in [0.4, 0.5) is 13.2 Å². The predicted octanol–water partition coefficient (Wildman–Crippen LogP) is 3.31. The molecule has 0 aliphatic carbocycles. The van der Waals surface area contributed by atoms with Crippen molar-refractivity contribution in [2.45, 2.75) is 43.2 Å². The fourth-order valence-corrected chi connectivity index (χ4v) is 4.50. The molecule has 0 saturated carbocycles. The highest BCUT2D eigenvalue weighted by molar-refractivity contribution is 7.89. The van der Waals surface area contributed by atoms with Gasteiger partial charge in [-0.2, -0.15) is 4.98 Å². The number of alkyl halides is 3. The summed E-state index contributed by atoms with van der Waals surface area (Å²) in [6.07, 6.45) is -4.15. The summed E-state index contributed by atoms with van der Waals surface area (Å²) in [7, 11) is -3.76. The van der Waals surface area contributed by atoms with Crippen molar-refractivity contribution in [3.8, 4) is 5.75 Å². The van der Waals surface area contributed by atoms with Gasteiger partial charge in [0.15, 0.2) is 5.82 Å². The number of amides is 1. The molecule has 0 bridgehead atoms. The summed E-state index contributed by atoms with van der Waals surface area (Å²) in [4.78, 5) is 18.2. The second-order valence-electron chi connectivity index (χ2n) is 7.45. The molecule has 1 aromatic heterocycles. The van der Waals surface area contributed by atoms with Crippen molar-refractivity contribution in [2.24, 2.45) is 0 Å². The van der Waals surface area contributed by atoms with Crippen molar-refractivity contribution in [1.29, 1.82) is 0 Å². The fraction of sp³-hybridized carbons (Fsp3) is 0.286. The van der Waals surface area contributed by atoms with Crippen molar-refractivity contribution >= 4 is 15.9 Å². The molecule has 0 radical (unpaired) electrons. The first-order valence-electron chi connectivity index (χ1n) is 10.1. The van der Waals surface area contributed by atoms with E-state index in [1.165, 1.54) is 41.3 Å². The van der Waals surface area contributed by atoms with E-state index in [2.05, 4.69) is 19.6 Å². The molecule has 2 heterocycles. The Hall–Kier alpha value is -3.45. The van der Waals surface area contributed by atoms with Crippen LogP contribution in [0.25, 0.3) is 0 Å². The maximum absolute atomic E-state index is 12.4. The molecule has 0 unspecified atom stereocenters. The lowest BCUT2D eigenvalue weighted by atomic mass is 10.1. The van der Waals surface area contributed by atoms with Gasteiger partial charge >= 0.3 is 6.36 Å². The Labute approximate surface area is 192 Å². The molecular weight excluding hydrogens is 477 g/mol. The van der Waals surface area contributed by atoms with E-state index in [0.717, 1.165) is 0 Å². The minimum Gasteiger partial charge on any atom is -0.406 e. The van der Waals surface area contributed by atoms with Crippen LogP contribution in [0.5, 0.6) is 5.75 Å². The van der Waals surface area contributed by atoms with Crippen LogP contribution in [0.1, 0.15) is 36.2 Å². The number of benzene rings is 2. The Balaban J connectivity index is 1.41. The average molecular weight is 496 g/mol. The number of halogens is 3. The van der Waals surface area contributed by atoms with Crippen LogP contribution in [0, 0.1) is 0 Å². The van der Waals surface area contributed by atoms with Crippen molar-refractivity contribution in [3.05, 3.63) is 71.9 Å². The zero-order valence-corrected chi connectivity index (χ0v) is 18.3. The number of nitrogens with zero attached hydrogens (tertiary/aromatic N) is 3. The lowest BCUT2D eigenvalue weighted by Crippen LogP contribution is -2.27. The summed E-state index contributed by atoms with van der Waals surface area (Å²) >= 11 is 0. The summed E-state index contributed by atoms with van der Waals surface area (Å²) in [5, 5.41) is 3.80. The zero-order chi connectivity index (χ0) is 24.3. The van der Waals surface area contributed by atoms with E-state index in [-0.39, 0.29) is 47.8 Å². The van der Waals surface area contributed by atoms with Gasteiger partial charge in [-0.25, -0.2) is 13.1 Å². The number of nitrogens with one attached hydrogen (secondary N) is 1. The minimum atomic E-state index is -4.79. The Morgan fingerprint density at radius 2 is 1.82 bits per heavy atom. The van der Waals surface area contributed by atoms with E-state index in [9.17, 15) is 26.4 Å². The number of likely N-dealkylation sites (tertiary alicyclic amines) is 1. The van der Waals surface area contributed by atoms with E-state index >= 15 is 0 Å². The molecule has 1 N–H and O–H groups in total. The van der Waals surface area contributed by atoms with E-state index < -0.39 is 22.4 Å². The summed E-state index contributed by atoms with van der Waals surface area (Å²) in [6, 6.07) is 12.5. The molecule has 180 valence electrons. The molecule has 4 rings (SSSR count). The summed E-state index contributed by atoms with van der Waals surface area (Å²) in [5.74, 6) is -0.288. The average Bonchev–Trinajstić information content (AvgIpc) is 3.40. The third-order valence-electron chi connectivity index (χ3n) is 5.08. The molecule has 1 aliphatic heterocycles. The zero-order valence-electron chi connectivity index (χ0n) is 17.5. The van der Waals surface area contributed by atoms with Crippen LogP contribution in [0.3, 0.4) is 0 Å². The molecule has 1 aliphatic rings. The first kappa shape index (κ1) is 23.7. The first-order chi connectivity index (χ1) is 16.1. The standard InChI is InChI=1S/C21H19F3N4O5S/c22-21(23,24)32-15-8-6-14(7-9-15)13-28-17(10-11-19(28)29)20-26-18(27-33-20)12-25-34(30,31)16-4-2-1-3-5-16/h1-9,17,25H,10-13H2/t17-/m0/s1. The van der Waals surface area contributed by atoms with Crippen molar-refractivity contribution in [3.63, 3.8) is 0 Å². The van der Waals surface area contributed by atoms with Crippen LogP contribution >= 0.6 is 0 Å².